The molecule has 8 aliphatic rings. The molecule has 4 aliphatic carbocycles. The lowest BCUT2D eigenvalue weighted by Crippen LogP contribution is -2.66. The molecule has 0 aromatic rings. The first kappa shape index (κ1) is 57.1. The van der Waals surface area contributed by atoms with Gasteiger partial charge in [-0.2, -0.15) is 0 Å². The Bertz CT molecular complexity index is 1770. The molecule has 7 fully saturated rings. The van der Waals surface area contributed by atoms with Gasteiger partial charge in [-0.3, -0.25) is 0 Å². The number of allylic oxidation sites excluding steroid dienone is 1. The Kier molecular flexibility index (Phi) is 18.6. The van der Waals surface area contributed by atoms with Crippen LogP contribution in [0.2, 0.25) is 0 Å². The second-order valence-corrected chi connectivity index (χ2v) is 23.5. The second-order valence-electron chi connectivity index (χ2n) is 23.5. The van der Waals surface area contributed by atoms with Gasteiger partial charge in [0.1, 0.15) is 97.7 Å². The first-order valence-corrected chi connectivity index (χ1v) is 26.7. The molecule has 4 heterocycles. The van der Waals surface area contributed by atoms with Crippen LogP contribution in [0.25, 0.3) is 0 Å². The maximum atomic E-state index is 11.5. The van der Waals surface area contributed by atoms with Crippen LogP contribution in [0, 0.1) is 46.3 Å². The Morgan fingerprint density at radius 2 is 1.08 bits per heavy atom. The van der Waals surface area contributed by atoms with Crippen LogP contribution in [0.4, 0.5) is 0 Å². The van der Waals surface area contributed by atoms with Crippen molar-refractivity contribution in [3.8, 4) is 0 Å². The maximum absolute atomic E-state index is 11.5. The highest BCUT2D eigenvalue weighted by Crippen LogP contribution is 2.67. The molecule has 0 spiro atoms. The summed E-state index contributed by atoms with van der Waals surface area (Å²) in [5.74, 6) is 4.22. The molecule has 8 unspecified atom stereocenters. The van der Waals surface area contributed by atoms with Gasteiger partial charge in [-0.1, -0.05) is 65.5 Å². The first-order chi connectivity index (χ1) is 34.2. The van der Waals surface area contributed by atoms with Crippen LogP contribution in [0.5, 0.6) is 0 Å². The van der Waals surface area contributed by atoms with Gasteiger partial charge in [0, 0.05) is 0 Å². The predicted octanol–water partition coefficient (Wildman–Crippen LogP) is -1.31. The van der Waals surface area contributed by atoms with Crippen LogP contribution < -0.4 is 0 Å². The maximum Gasteiger partial charge on any atom is 0.187 e. The van der Waals surface area contributed by atoms with E-state index in [0.717, 1.165) is 36.5 Å². The first-order valence-electron chi connectivity index (χ1n) is 26.7. The largest absolute Gasteiger partial charge is 0.394 e. The van der Waals surface area contributed by atoms with Gasteiger partial charge in [0.2, 0.25) is 0 Å². The van der Waals surface area contributed by atoms with Gasteiger partial charge < -0.3 is 104 Å². The molecule has 416 valence electrons. The topological polar surface area (TPSA) is 337 Å². The van der Waals surface area contributed by atoms with Gasteiger partial charge in [-0.25, -0.2) is 0 Å². The molecule has 8 rings (SSSR count). The lowest BCUT2D eigenvalue weighted by atomic mass is 9.47. The molecule has 4 aliphatic heterocycles. The number of rotatable bonds is 17. The Hall–Kier alpha value is -1.10. The van der Waals surface area contributed by atoms with Crippen LogP contribution in [-0.4, -0.2) is 222 Å². The minimum Gasteiger partial charge on any atom is -0.394 e. The fraction of sp³-hybridized carbons (Fsp3) is 0.961. The summed E-state index contributed by atoms with van der Waals surface area (Å²) < 4.78 is 46.4. The van der Waals surface area contributed by atoms with Gasteiger partial charge in [0.05, 0.1) is 32.5 Å². The van der Waals surface area contributed by atoms with Gasteiger partial charge in [0.15, 0.2) is 25.2 Å². The van der Waals surface area contributed by atoms with Gasteiger partial charge in [-0.05, 0) is 97.7 Å². The Balaban J connectivity index is 0.848. The molecule has 3 saturated carbocycles. The fourth-order valence-electron chi connectivity index (χ4n) is 14.5. The predicted molar refractivity (Wildman–Crippen MR) is 250 cm³/mol. The lowest BCUT2D eigenvalue weighted by Gasteiger charge is -2.58. The van der Waals surface area contributed by atoms with E-state index in [9.17, 15) is 66.4 Å². The highest BCUT2D eigenvalue weighted by Gasteiger charge is 2.60. The van der Waals surface area contributed by atoms with Gasteiger partial charge >= 0.3 is 0 Å². The van der Waals surface area contributed by atoms with E-state index >= 15 is 0 Å². The smallest absolute Gasteiger partial charge is 0.187 e. The SMILES string of the molecule is CC(C)CCC[C@@H](C)[C@H]1CC[C@H]2[C@@H]3CC=C4C[C@@H](O[C@@H]5OC(CO)[C@H](O[C@@H]6OC(CO[C@@H]7OC(CO)[C@H](O[C@@H]8OC(CO)[C@H](O)[C@H](O)C8O)[C@H](O)C7O)[C@H](O)[C@H](O)C6O)[C@H](O)C5O)CC[C@]4(C)[C@H]3CC[C@]12C. The molecule has 21 nitrogen and oxygen atoms in total. The van der Waals surface area contributed by atoms with E-state index in [2.05, 4.69) is 40.7 Å². The number of fused-ring (bicyclic) bond motifs is 5. The monoisotopic (exact) mass is 1030 g/mol. The van der Waals surface area contributed by atoms with E-state index in [1.165, 1.54) is 50.5 Å². The molecular weight excluding hydrogens is 949 g/mol. The minimum absolute atomic E-state index is 0.0373. The molecule has 0 amide bonds. The van der Waals surface area contributed by atoms with E-state index in [0.29, 0.717) is 30.1 Å². The number of ether oxygens (including phenoxy) is 8. The summed E-state index contributed by atoms with van der Waals surface area (Å²) in [7, 11) is 0. The zero-order valence-electron chi connectivity index (χ0n) is 42.4. The number of hydrogen-bond acceptors (Lipinski definition) is 21. The van der Waals surface area contributed by atoms with Crippen LogP contribution >= 0.6 is 0 Å². The summed E-state index contributed by atoms with van der Waals surface area (Å²) in [6, 6.07) is 0. The van der Waals surface area contributed by atoms with Crippen molar-refractivity contribution in [2.45, 2.75) is 234 Å². The van der Waals surface area contributed by atoms with Crippen molar-refractivity contribution in [3.05, 3.63) is 11.6 Å². The molecule has 0 radical (unpaired) electrons. The van der Waals surface area contributed by atoms with E-state index in [-0.39, 0.29) is 11.5 Å². The van der Waals surface area contributed by atoms with Crippen molar-refractivity contribution in [3.63, 3.8) is 0 Å². The summed E-state index contributed by atoms with van der Waals surface area (Å²) in [5, 5.41) is 139. The molecule has 0 aromatic heterocycles. The summed E-state index contributed by atoms with van der Waals surface area (Å²) in [6.07, 6.45) is -19.3. The quantitative estimate of drug-likeness (QED) is 0.0752. The van der Waals surface area contributed by atoms with Crippen molar-refractivity contribution in [1.29, 1.82) is 0 Å². The van der Waals surface area contributed by atoms with Crippen molar-refractivity contribution >= 4 is 0 Å². The van der Waals surface area contributed by atoms with Crippen molar-refractivity contribution in [2.75, 3.05) is 26.4 Å². The third kappa shape index (κ3) is 11.0. The molecule has 28 atom stereocenters. The zero-order valence-corrected chi connectivity index (χ0v) is 42.4. The summed E-state index contributed by atoms with van der Waals surface area (Å²) in [5.41, 5.74) is 1.78. The summed E-state index contributed by atoms with van der Waals surface area (Å²) in [6.45, 7) is 9.12. The van der Waals surface area contributed by atoms with Gasteiger partial charge in [0.25, 0.3) is 0 Å². The third-order valence-corrected chi connectivity index (χ3v) is 18.8. The fourth-order valence-corrected chi connectivity index (χ4v) is 14.5. The Morgan fingerprint density at radius 3 is 1.68 bits per heavy atom. The molecule has 0 bridgehead atoms. The molecular formula is C51H86O21. The van der Waals surface area contributed by atoms with E-state index in [1.54, 1.807) is 0 Å². The average molecular weight is 1040 g/mol. The van der Waals surface area contributed by atoms with Gasteiger partial charge in [-0.15, -0.1) is 0 Å². The standard InChI is InChI=1S/C51H86O21/c1-22(2)7-6-8-23(3)27-11-12-28-26-10-9-24-17-25(13-15-50(24,4)29(26)14-16-51(27,28)5)66-47-43(64)39(60)45(32(20-54)69-47)72-49-41(62)37(58)35(56)33(70-49)21-65-46-42(63)38(59)44(31(19-53)68-46)71-48-40(61)36(57)34(55)30(18-52)67-48/h9,22-23,25-49,52-64H,6-8,10-21H2,1-5H3/t23-,25+,26+,27-,28+,29+,30?,31?,32?,33?,34+,35+,36+,37+,38-,39-,40?,41?,42?,43?,44+,45+,46-,47-,48+,49+,50+,51-/m1/s1. The molecule has 4 saturated heterocycles. The second kappa shape index (κ2) is 23.5. The Morgan fingerprint density at radius 1 is 0.556 bits per heavy atom. The number of aliphatic hydroxyl groups excluding tert-OH is 13. The highest BCUT2D eigenvalue weighted by molar-refractivity contribution is 5.25. The summed E-state index contributed by atoms with van der Waals surface area (Å²) >= 11 is 0. The normalized spacial score (nSPS) is 51.3. The Labute approximate surface area is 421 Å². The van der Waals surface area contributed by atoms with Crippen LogP contribution in [-0.2, 0) is 37.9 Å². The zero-order chi connectivity index (χ0) is 52.1. The van der Waals surface area contributed by atoms with Crippen molar-refractivity contribution in [2.24, 2.45) is 46.3 Å². The minimum atomic E-state index is -1.93. The van der Waals surface area contributed by atoms with Crippen LogP contribution in [0.15, 0.2) is 11.6 Å². The van der Waals surface area contributed by atoms with E-state index in [4.69, 9.17) is 37.9 Å². The van der Waals surface area contributed by atoms with Crippen LogP contribution in [0.1, 0.15) is 105 Å². The number of aliphatic hydroxyl groups is 13. The number of hydrogen-bond donors (Lipinski definition) is 13. The van der Waals surface area contributed by atoms with Crippen molar-refractivity contribution in [1.82, 2.24) is 0 Å². The molecule has 72 heavy (non-hydrogen) atoms. The van der Waals surface area contributed by atoms with Crippen LogP contribution in [0.3, 0.4) is 0 Å². The van der Waals surface area contributed by atoms with E-state index < -0.39 is 149 Å². The molecule has 0 aromatic carbocycles. The molecule has 13 N–H and O–H groups in total. The van der Waals surface area contributed by atoms with E-state index in [1.807, 2.05) is 0 Å². The lowest BCUT2D eigenvalue weighted by molar-refractivity contribution is -0.374. The highest BCUT2D eigenvalue weighted by atomic mass is 16.8. The molecule has 21 heteroatoms. The average Bonchev–Trinajstić information content (AvgIpc) is 3.72. The third-order valence-electron chi connectivity index (χ3n) is 18.8. The van der Waals surface area contributed by atoms with Crippen molar-refractivity contribution < 1.29 is 104 Å². The summed E-state index contributed by atoms with van der Waals surface area (Å²) in [4.78, 5) is 0.